The van der Waals surface area contributed by atoms with Crippen LogP contribution in [0.25, 0.3) is 54.7 Å². The van der Waals surface area contributed by atoms with E-state index in [-0.39, 0.29) is 0 Å². The van der Waals surface area contributed by atoms with Crippen molar-refractivity contribution in [3.05, 3.63) is 109 Å². The zero-order valence-corrected chi connectivity index (χ0v) is 25.8. The molecule has 9 heterocycles. The van der Waals surface area contributed by atoms with Crippen LogP contribution in [0.1, 0.15) is 12.1 Å². The highest BCUT2D eigenvalue weighted by Crippen LogP contribution is 2.69. The smallest absolute Gasteiger partial charge is 0.223 e. The van der Waals surface area contributed by atoms with Crippen molar-refractivity contribution in [2.45, 2.75) is 35.8 Å². The van der Waals surface area contributed by atoms with Crippen LogP contribution in [0.5, 0.6) is 0 Å². The summed E-state index contributed by atoms with van der Waals surface area (Å²) in [7, 11) is 0. The summed E-state index contributed by atoms with van der Waals surface area (Å²) < 4.78 is 5.87. The van der Waals surface area contributed by atoms with E-state index in [4.69, 9.17) is 0 Å². The topological polar surface area (TPSA) is 16.3 Å². The largest absolute Gasteiger partial charge is 0.335 e. The number of rotatable bonds is 0. The molecular formula is C42H24B2N4. The van der Waals surface area contributed by atoms with E-state index in [1.165, 1.54) is 88.4 Å². The molecule has 1 saturated carbocycles. The van der Waals surface area contributed by atoms with Crippen molar-refractivity contribution in [2.24, 2.45) is 0 Å². The number of benzene rings is 6. The summed E-state index contributed by atoms with van der Waals surface area (Å²) in [5, 5.41) is 5.76. The molecule has 0 radical (unpaired) electrons. The van der Waals surface area contributed by atoms with Crippen LogP contribution in [0.3, 0.4) is 0 Å². The lowest BCUT2D eigenvalue weighted by atomic mass is 9.21. The molecule has 16 rings (SSSR count). The third-order valence-corrected chi connectivity index (χ3v) is 14.7. The van der Waals surface area contributed by atoms with Crippen LogP contribution >= 0.6 is 0 Å². The van der Waals surface area contributed by atoms with E-state index < -0.39 is 0 Å². The van der Waals surface area contributed by atoms with Crippen molar-refractivity contribution in [2.75, 3.05) is 9.80 Å². The van der Waals surface area contributed by atoms with Crippen LogP contribution < -0.4 is 31.7 Å². The lowest BCUT2D eigenvalue weighted by Gasteiger charge is -2.68. The van der Waals surface area contributed by atoms with Crippen molar-refractivity contribution in [1.82, 2.24) is 9.13 Å². The third-order valence-electron chi connectivity index (χ3n) is 14.7. The third kappa shape index (κ3) is 1.83. The van der Waals surface area contributed by atoms with E-state index >= 15 is 0 Å². The SMILES string of the molecule is c1ccc2c(c1)B1c3ccccc3N3c4cccc5c6ccc7c8c6n(c45)[C@@H]4C5B8c6c-7ccc7c8cccc9c8n(c67)C5C(C1C43)N29. The number of hydrogen-bond donors (Lipinski definition) is 0. The molecular weight excluding hydrogens is 582 g/mol. The molecule has 48 heavy (non-hydrogen) atoms. The van der Waals surface area contributed by atoms with E-state index in [9.17, 15) is 0 Å². The Bertz CT molecular complexity index is 2810. The maximum atomic E-state index is 2.93. The first-order valence-electron chi connectivity index (χ1n) is 17.9. The van der Waals surface area contributed by atoms with Gasteiger partial charge >= 0.3 is 0 Å². The monoisotopic (exact) mass is 606 g/mol. The molecule has 0 saturated heterocycles. The van der Waals surface area contributed by atoms with Gasteiger partial charge in [-0.3, -0.25) is 0 Å². The van der Waals surface area contributed by atoms with Crippen LogP contribution in [0.15, 0.2) is 109 Å². The van der Waals surface area contributed by atoms with Crippen LogP contribution in [-0.2, 0) is 0 Å². The Labute approximate surface area is 275 Å². The van der Waals surface area contributed by atoms with Gasteiger partial charge in [-0.1, -0.05) is 95.9 Å². The fourth-order valence-corrected chi connectivity index (χ4v) is 13.8. The summed E-state index contributed by atoms with van der Waals surface area (Å²) in [6, 6.07) is 44.7. The van der Waals surface area contributed by atoms with Crippen LogP contribution in [0.4, 0.5) is 22.7 Å². The van der Waals surface area contributed by atoms with Crippen molar-refractivity contribution in [3.63, 3.8) is 0 Å². The quantitative estimate of drug-likeness (QED) is 0.188. The van der Waals surface area contributed by atoms with E-state index in [2.05, 4.69) is 128 Å². The molecule has 8 aliphatic rings. The average molecular weight is 606 g/mol. The molecule has 4 nitrogen and oxygen atoms in total. The minimum Gasteiger partial charge on any atom is -0.335 e. The fraction of sp³-hybridized carbons (Fsp3) is 0.143. The van der Waals surface area contributed by atoms with Gasteiger partial charge in [-0.15, -0.1) is 0 Å². The minimum absolute atomic E-state index is 0.350. The summed E-state index contributed by atoms with van der Waals surface area (Å²) in [6.45, 7) is 0.773. The summed E-state index contributed by atoms with van der Waals surface area (Å²) >= 11 is 0. The average Bonchev–Trinajstić information content (AvgIpc) is 3.78. The zero-order valence-electron chi connectivity index (χ0n) is 25.8. The first-order chi connectivity index (χ1) is 23.9. The molecule has 7 aliphatic heterocycles. The van der Waals surface area contributed by atoms with Gasteiger partial charge in [0, 0.05) is 44.0 Å². The zero-order chi connectivity index (χ0) is 30.0. The van der Waals surface area contributed by atoms with Gasteiger partial charge in [0.05, 0.1) is 46.6 Å². The number of aromatic nitrogens is 2. The Balaban J connectivity index is 1.22. The summed E-state index contributed by atoms with van der Waals surface area (Å²) in [5.74, 6) is 0.903. The molecule has 0 bridgehead atoms. The molecule has 5 unspecified atom stereocenters. The molecule has 6 aromatic carbocycles. The number of para-hydroxylation sites is 4. The maximum Gasteiger partial charge on any atom is 0.223 e. The minimum atomic E-state index is 0.350. The Hall–Kier alpha value is -5.35. The van der Waals surface area contributed by atoms with Crippen LogP contribution in [0, 0.1) is 0 Å². The Kier molecular flexibility index (Phi) is 3.03. The van der Waals surface area contributed by atoms with E-state index in [0.717, 1.165) is 0 Å². The van der Waals surface area contributed by atoms with Gasteiger partial charge in [-0.2, -0.15) is 0 Å². The number of fused-ring (bicyclic) bond motifs is 11. The molecule has 1 fully saturated rings. The van der Waals surface area contributed by atoms with Gasteiger partial charge in [0.15, 0.2) is 0 Å². The van der Waals surface area contributed by atoms with Gasteiger partial charge in [0.1, 0.15) is 0 Å². The molecule has 218 valence electrons. The predicted molar refractivity (Wildman–Crippen MR) is 198 cm³/mol. The molecule has 6 heteroatoms. The van der Waals surface area contributed by atoms with Crippen LogP contribution in [-0.4, -0.2) is 34.6 Å². The highest BCUT2D eigenvalue weighted by Gasteiger charge is 2.70. The molecule has 0 amide bonds. The highest BCUT2D eigenvalue weighted by atomic mass is 15.3. The molecule has 0 spiro atoms. The molecule has 1 aliphatic carbocycles. The summed E-state index contributed by atoms with van der Waals surface area (Å²) in [4.78, 5) is 5.74. The Morgan fingerprint density at radius 2 is 0.833 bits per heavy atom. The second-order valence-electron chi connectivity index (χ2n) is 15.9. The van der Waals surface area contributed by atoms with Gasteiger partial charge in [-0.25, -0.2) is 0 Å². The molecule has 0 N–H and O–H groups in total. The number of hydrogen-bond acceptors (Lipinski definition) is 2. The van der Waals surface area contributed by atoms with Gasteiger partial charge in [0.2, 0.25) is 13.4 Å². The lowest BCUT2D eigenvalue weighted by Crippen LogP contribution is -2.76. The second kappa shape index (κ2) is 6.53. The Morgan fingerprint density at radius 1 is 0.375 bits per heavy atom. The standard InChI is InChI=1S/C42H24B2N4/c1-3-11-27-25(9-1)43-26-10-2-4-12-28(26)46-30-14-6-8-22-24-18-16-20-19-15-17-23-21-7-5-13-29-35(21)47-37(23)31(19)44-32(20)38(24)48(36(22)30)42-34(44)41(47)39(45(27)29)33(43)40(42)46/h1-18,33-34,39-42H/t33?,34?,39?,40?,41-,42?/m1/s1. The van der Waals surface area contributed by atoms with Crippen LogP contribution in [0.2, 0.25) is 11.6 Å². The van der Waals surface area contributed by atoms with E-state index in [0.29, 0.717) is 49.2 Å². The van der Waals surface area contributed by atoms with Crippen molar-refractivity contribution in [3.8, 4) is 11.1 Å². The maximum absolute atomic E-state index is 2.93. The fourth-order valence-electron chi connectivity index (χ4n) is 13.8. The highest BCUT2D eigenvalue weighted by molar-refractivity contribution is 6.95. The van der Waals surface area contributed by atoms with Crippen molar-refractivity contribution >= 4 is 102 Å². The second-order valence-corrected chi connectivity index (χ2v) is 15.9. The molecule has 2 aromatic heterocycles. The van der Waals surface area contributed by atoms with Crippen molar-refractivity contribution in [1.29, 1.82) is 0 Å². The normalized spacial score (nSPS) is 27.0. The Morgan fingerprint density at radius 3 is 1.38 bits per heavy atom. The summed E-state index contributed by atoms with van der Waals surface area (Å²) in [5.41, 5.74) is 20.9. The van der Waals surface area contributed by atoms with E-state index in [1.807, 2.05) is 0 Å². The van der Waals surface area contributed by atoms with Gasteiger partial charge in [-0.05, 0) is 58.0 Å². The molecule has 6 atom stereocenters. The summed E-state index contributed by atoms with van der Waals surface area (Å²) in [6.07, 6.45) is 0. The lowest BCUT2D eigenvalue weighted by molar-refractivity contribution is 0.203. The van der Waals surface area contributed by atoms with Crippen molar-refractivity contribution < 1.29 is 0 Å². The van der Waals surface area contributed by atoms with E-state index in [1.54, 1.807) is 10.9 Å². The van der Waals surface area contributed by atoms with Gasteiger partial charge in [0.25, 0.3) is 0 Å². The predicted octanol–water partition coefficient (Wildman–Crippen LogP) is 6.33. The first-order valence-corrected chi connectivity index (χ1v) is 17.9. The number of anilines is 4. The van der Waals surface area contributed by atoms with Gasteiger partial charge < -0.3 is 18.9 Å². The number of nitrogens with zero attached hydrogens (tertiary/aromatic N) is 4. The molecule has 8 aromatic rings. The first kappa shape index (κ1) is 22.3.